The molecule has 0 heterocycles. The fraction of sp³-hybridized carbons (Fsp3) is 0.250. The molecule has 2 N–H and O–H groups in total. The van der Waals surface area contributed by atoms with Crippen LogP contribution in [0.15, 0.2) is 47.6 Å². The van der Waals surface area contributed by atoms with Crippen LogP contribution in [0.3, 0.4) is 0 Å². The van der Waals surface area contributed by atoms with Gasteiger partial charge in [0.25, 0.3) is 17.5 Å². The van der Waals surface area contributed by atoms with E-state index in [-0.39, 0.29) is 28.1 Å². The van der Waals surface area contributed by atoms with Crippen molar-refractivity contribution < 1.29 is 14.5 Å². The maximum atomic E-state index is 12.5. The summed E-state index contributed by atoms with van der Waals surface area (Å²) in [6.07, 6.45) is 1.21. The van der Waals surface area contributed by atoms with Crippen LogP contribution in [-0.2, 0) is 4.79 Å². The maximum absolute atomic E-state index is 12.5. The number of carbonyl (C=O) groups is 2. The molecule has 0 fully saturated rings. The van der Waals surface area contributed by atoms with Gasteiger partial charge in [-0.1, -0.05) is 43.1 Å². The number of hydrogen-bond acceptors (Lipinski definition) is 5. The summed E-state index contributed by atoms with van der Waals surface area (Å²) in [7, 11) is 0. The highest BCUT2D eigenvalue weighted by Gasteiger charge is 2.24. The number of non-ortho nitro benzene ring substituents is 1. The molecule has 0 aromatic heterocycles. The van der Waals surface area contributed by atoms with E-state index in [9.17, 15) is 19.7 Å². The van der Waals surface area contributed by atoms with E-state index in [1.165, 1.54) is 24.4 Å². The molecule has 0 aliphatic heterocycles. The number of nitro benzene ring substituents is 1. The monoisotopic (exact) mass is 416 g/mol. The van der Waals surface area contributed by atoms with Crippen LogP contribution < -0.4 is 10.7 Å². The van der Waals surface area contributed by atoms with E-state index >= 15 is 0 Å². The van der Waals surface area contributed by atoms with Crippen LogP contribution in [-0.4, -0.2) is 29.0 Å². The van der Waals surface area contributed by atoms with E-state index in [1.54, 1.807) is 26.0 Å². The van der Waals surface area contributed by atoms with Gasteiger partial charge in [0.1, 0.15) is 6.04 Å². The summed E-state index contributed by atoms with van der Waals surface area (Å²) < 4.78 is 0. The van der Waals surface area contributed by atoms with Crippen LogP contribution in [0.25, 0.3) is 0 Å². The van der Waals surface area contributed by atoms with Crippen molar-refractivity contribution in [2.45, 2.75) is 26.8 Å². The minimum atomic E-state index is -0.818. The number of hydrazone groups is 1. The van der Waals surface area contributed by atoms with Crippen molar-refractivity contribution in [3.63, 3.8) is 0 Å². The highest BCUT2D eigenvalue weighted by atomic mass is 35.5. The molecule has 2 amide bonds. The second-order valence-corrected chi connectivity index (χ2v) is 7.17. The number of amides is 2. The van der Waals surface area contributed by atoms with Crippen LogP contribution in [0.5, 0.6) is 0 Å². The first-order chi connectivity index (χ1) is 13.7. The van der Waals surface area contributed by atoms with Gasteiger partial charge in [0.2, 0.25) is 0 Å². The van der Waals surface area contributed by atoms with E-state index in [4.69, 9.17) is 11.6 Å². The first-order valence-corrected chi connectivity index (χ1v) is 9.21. The molecule has 2 aromatic rings. The molecular weight excluding hydrogens is 396 g/mol. The zero-order valence-electron chi connectivity index (χ0n) is 16.2. The Morgan fingerprint density at radius 3 is 2.41 bits per heavy atom. The molecule has 29 heavy (non-hydrogen) atoms. The summed E-state index contributed by atoms with van der Waals surface area (Å²) in [5, 5.41) is 17.6. The molecule has 152 valence electrons. The van der Waals surface area contributed by atoms with E-state index in [1.807, 2.05) is 19.1 Å². The Kier molecular flexibility index (Phi) is 7.44. The Labute approximate surface area is 173 Å². The predicted octanol–water partition coefficient (Wildman–Crippen LogP) is 3.46. The Bertz CT molecular complexity index is 942. The van der Waals surface area contributed by atoms with Gasteiger partial charge in [0.05, 0.1) is 11.1 Å². The first kappa shape index (κ1) is 22.0. The Morgan fingerprint density at radius 1 is 1.17 bits per heavy atom. The van der Waals surface area contributed by atoms with E-state index < -0.39 is 16.9 Å². The molecule has 2 rings (SSSR count). The molecule has 0 radical (unpaired) electrons. The molecule has 1 unspecified atom stereocenters. The molecule has 0 aliphatic carbocycles. The van der Waals surface area contributed by atoms with Gasteiger partial charge in [-0.05, 0) is 31.0 Å². The SMILES string of the molecule is Cc1ccc(C(=O)NC(C(=O)NN=Cc2cc([N+](=O)[O-])ccc2Cl)C(C)C)cc1. The smallest absolute Gasteiger partial charge is 0.270 e. The van der Waals surface area contributed by atoms with Crippen LogP contribution in [0.1, 0.15) is 35.3 Å². The zero-order chi connectivity index (χ0) is 21.6. The molecule has 0 saturated heterocycles. The lowest BCUT2D eigenvalue weighted by molar-refractivity contribution is -0.384. The van der Waals surface area contributed by atoms with Crippen molar-refractivity contribution in [2.75, 3.05) is 0 Å². The summed E-state index contributed by atoms with van der Waals surface area (Å²) >= 11 is 5.99. The third kappa shape index (κ3) is 6.11. The molecule has 0 aliphatic rings. The van der Waals surface area contributed by atoms with Gasteiger partial charge in [0.15, 0.2) is 0 Å². The summed E-state index contributed by atoms with van der Waals surface area (Å²) in [5.41, 5.74) is 3.95. The van der Waals surface area contributed by atoms with Crippen molar-refractivity contribution in [3.8, 4) is 0 Å². The van der Waals surface area contributed by atoms with E-state index in [0.29, 0.717) is 5.56 Å². The molecule has 2 aromatic carbocycles. The number of aryl methyl sites for hydroxylation is 1. The minimum Gasteiger partial charge on any atom is -0.340 e. The highest BCUT2D eigenvalue weighted by Crippen LogP contribution is 2.20. The van der Waals surface area contributed by atoms with Gasteiger partial charge < -0.3 is 5.32 Å². The number of rotatable bonds is 7. The number of nitrogens with one attached hydrogen (secondary N) is 2. The third-order valence-electron chi connectivity index (χ3n) is 4.12. The quantitative estimate of drug-likeness (QED) is 0.408. The lowest BCUT2D eigenvalue weighted by atomic mass is 10.0. The van der Waals surface area contributed by atoms with Crippen molar-refractivity contribution in [3.05, 3.63) is 74.3 Å². The summed E-state index contributed by atoms with van der Waals surface area (Å²) in [5.74, 6) is -1.08. The lowest BCUT2D eigenvalue weighted by Gasteiger charge is -2.20. The predicted molar refractivity (Wildman–Crippen MR) is 111 cm³/mol. The largest absolute Gasteiger partial charge is 0.340 e. The van der Waals surface area contributed by atoms with Crippen LogP contribution >= 0.6 is 11.6 Å². The normalized spacial score (nSPS) is 12.0. The molecule has 0 spiro atoms. The number of hydrogen-bond donors (Lipinski definition) is 2. The third-order valence-corrected chi connectivity index (χ3v) is 4.46. The van der Waals surface area contributed by atoms with Crippen LogP contribution in [0, 0.1) is 23.0 Å². The minimum absolute atomic E-state index is 0.146. The second-order valence-electron chi connectivity index (χ2n) is 6.76. The fourth-order valence-corrected chi connectivity index (χ4v) is 2.61. The molecule has 0 saturated carbocycles. The van der Waals surface area contributed by atoms with E-state index in [2.05, 4.69) is 15.8 Å². The molecule has 9 heteroatoms. The summed E-state index contributed by atoms with van der Waals surface area (Å²) in [6.45, 7) is 5.50. The zero-order valence-corrected chi connectivity index (χ0v) is 16.9. The summed E-state index contributed by atoms with van der Waals surface area (Å²) in [4.78, 5) is 35.2. The van der Waals surface area contributed by atoms with Gasteiger partial charge in [-0.3, -0.25) is 19.7 Å². The number of carbonyl (C=O) groups excluding carboxylic acids is 2. The standard InChI is InChI=1S/C20H21ClN4O4/c1-12(2)18(23-19(26)14-6-4-13(3)5-7-14)20(27)24-22-11-15-10-16(25(28)29)8-9-17(15)21/h4-12,18H,1-3H3,(H,23,26)(H,24,27). The van der Waals surface area contributed by atoms with Crippen molar-refractivity contribution in [1.29, 1.82) is 0 Å². The Morgan fingerprint density at radius 2 is 1.83 bits per heavy atom. The van der Waals surface area contributed by atoms with Gasteiger partial charge in [-0.2, -0.15) is 5.10 Å². The van der Waals surface area contributed by atoms with Crippen molar-refractivity contribution >= 4 is 35.3 Å². The highest BCUT2D eigenvalue weighted by molar-refractivity contribution is 6.33. The average molecular weight is 417 g/mol. The molecule has 0 bridgehead atoms. The van der Waals surface area contributed by atoms with E-state index in [0.717, 1.165) is 5.56 Å². The molecule has 1 atom stereocenters. The van der Waals surface area contributed by atoms with Gasteiger partial charge >= 0.3 is 0 Å². The van der Waals surface area contributed by atoms with Crippen LogP contribution in [0.4, 0.5) is 5.69 Å². The fourth-order valence-electron chi connectivity index (χ4n) is 2.44. The van der Waals surface area contributed by atoms with Gasteiger partial charge in [0, 0.05) is 28.3 Å². The van der Waals surface area contributed by atoms with Gasteiger partial charge in [-0.15, -0.1) is 0 Å². The first-order valence-electron chi connectivity index (χ1n) is 8.83. The van der Waals surface area contributed by atoms with Crippen molar-refractivity contribution in [1.82, 2.24) is 10.7 Å². The second kappa shape index (κ2) is 9.79. The average Bonchev–Trinajstić information content (AvgIpc) is 2.67. The van der Waals surface area contributed by atoms with Crippen LogP contribution in [0.2, 0.25) is 5.02 Å². The number of halogens is 1. The maximum Gasteiger partial charge on any atom is 0.270 e. The number of benzene rings is 2. The molecular formula is C20H21ClN4O4. The Balaban J connectivity index is 2.07. The van der Waals surface area contributed by atoms with Gasteiger partial charge in [-0.25, -0.2) is 5.43 Å². The Hall–Kier alpha value is -3.26. The number of nitrogens with zero attached hydrogens (tertiary/aromatic N) is 2. The lowest BCUT2D eigenvalue weighted by Crippen LogP contribution is -2.48. The number of nitro groups is 1. The van der Waals surface area contributed by atoms with Crippen molar-refractivity contribution in [2.24, 2.45) is 11.0 Å². The molecule has 8 nitrogen and oxygen atoms in total. The topological polar surface area (TPSA) is 114 Å². The summed E-state index contributed by atoms with van der Waals surface area (Å²) in [6, 6.07) is 10.1.